The van der Waals surface area contributed by atoms with Gasteiger partial charge in [-0.1, -0.05) is 24.3 Å². The molecule has 1 heterocycles. The van der Waals surface area contributed by atoms with E-state index in [0.717, 1.165) is 26.7 Å². The Morgan fingerprint density at radius 3 is 2.25 bits per heavy atom. The van der Waals surface area contributed by atoms with Crippen LogP contribution in [0.3, 0.4) is 0 Å². The number of amides is 1. The van der Waals surface area contributed by atoms with Crippen LogP contribution in [0.4, 0.5) is 0 Å². The minimum Gasteiger partial charge on any atom is -0.469 e. The van der Waals surface area contributed by atoms with Crippen LogP contribution >= 0.6 is 0 Å². The minimum absolute atomic E-state index is 0.0364. The van der Waals surface area contributed by atoms with Gasteiger partial charge in [0.1, 0.15) is 11.7 Å². The molecule has 9 heteroatoms. The van der Waals surface area contributed by atoms with Crippen molar-refractivity contribution in [2.75, 3.05) is 21.3 Å². The summed E-state index contributed by atoms with van der Waals surface area (Å²) in [5.41, 5.74) is 0.623. The summed E-state index contributed by atoms with van der Waals surface area (Å²) < 4.78 is 13.9. The van der Waals surface area contributed by atoms with E-state index in [1.54, 1.807) is 18.2 Å². The van der Waals surface area contributed by atoms with E-state index in [1.165, 1.54) is 6.07 Å². The van der Waals surface area contributed by atoms with Crippen LogP contribution in [-0.2, 0) is 28.6 Å². The molecule has 0 radical (unpaired) electrons. The second kappa shape index (κ2) is 9.45. The third kappa shape index (κ3) is 4.81. The number of para-hydroxylation sites is 1. The maximum Gasteiger partial charge on any atom is 0.329 e. The zero-order valence-electron chi connectivity index (χ0n) is 15.6. The van der Waals surface area contributed by atoms with Crippen molar-refractivity contribution >= 4 is 34.7 Å². The highest BCUT2D eigenvalue weighted by Gasteiger charge is 2.39. The maximum atomic E-state index is 12.6. The zero-order valence-corrected chi connectivity index (χ0v) is 15.6. The van der Waals surface area contributed by atoms with Gasteiger partial charge in [-0.25, -0.2) is 9.78 Å². The van der Waals surface area contributed by atoms with E-state index >= 15 is 0 Å². The topological polar surface area (TPSA) is 121 Å². The van der Waals surface area contributed by atoms with Crippen molar-refractivity contribution in [1.82, 2.24) is 10.3 Å². The molecule has 0 aliphatic heterocycles. The van der Waals surface area contributed by atoms with Crippen LogP contribution in [0.25, 0.3) is 10.9 Å². The zero-order chi connectivity index (χ0) is 20.7. The molecule has 1 N–H and O–H groups in total. The van der Waals surface area contributed by atoms with Gasteiger partial charge in [-0.3, -0.25) is 14.4 Å². The number of ether oxygens (including phenoxy) is 3. The molecule has 0 aliphatic rings. The molecule has 0 aliphatic carbocycles. The average molecular weight is 388 g/mol. The van der Waals surface area contributed by atoms with E-state index in [9.17, 15) is 19.2 Å². The molecule has 2 aromatic rings. The Morgan fingerprint density at radius 2 is 1.61 bits per heavy atom. The predicted octanol–water partition coefficient (Wildman–Crippen LogP) is 0.858. The first-order chi connectivity index (χ1) is 13.4. The summed E-state index contributed by atoms with van der Waals surface area (Å²) in [6, 6.07) is 8.92. The van der Waals surface area contributed by atoms with Crippen LogP contribution in [-0.4, -0.2) is 56.2 Å². The third-order valence-corrected chi connectivity index (χ3v) is 4.09. The molecule has 0 spiro atoms. The molecule has 28 heavy (non-hydrogen) atoms. The Labute approximate surface area is 161 Å². The summed E-state index contributed by atoms with van der Waals surface area (Å²) in [7, 11) is 3.34. The van der Waals surface area contributed by atoms with Crippen molar-refractivity contribution < 1.29 is 33.4 Å². The molecule has 0 saturated carbocycles. The molecule has 0 fully saturated rings. The normalized spacial score (nSPS) is 12.5. The lowest BCUT2D eigenvalue weighted by molar-refractivity contribution is -0.158. The minimum atomic E-state index is -1.46. The highest BCUT2D eigenvalue weighted by Crippen LogP contribution is 2.16. The Bertz CT molecular complexity index is 897. The molecule has 1 aromatic carbocycles. The summed E-state index contributed by atoms with van der Waals surface area (Å²) in [6.07, 6.45) is -0.478. The van der Waals surface area contributed by atoms with Crippen LogP contribution in [0.2, 0.25) is 0 Å². The second-order valence-electron chi connectivity index (χ2n) is 5.77. The van der Waals surface area contributed by atoms with Crippen molar-refractivity contribution in [3.8, 4) is 0 Å². The fraction of sp³-hybridized carbons (Fsp3) is 0.316. The quantitative estimate of drug-likeness (QED) is 0.548. The van der Waals surface area contributed by atoms with Gasteiger partial charge in [0.15, 0.2) is 0 Å². The van der Waals surface area contributed by atoms with Crippen LogP contribution in [0.1, 0.15) is 16.9 Å². The molecule has 2 atom stereocenters. The van der Waals surface area contributed by atoms with Gasteiger partial charge in [0.05, 0.1) is 39.2 Å². The van der Waals surface area contributed by atoms with Crippen molar-refractivity contribution in [3.05, 3.63) is 42.1 Å². The number of carbonyl (C=O) groups excluding carboxylic acids is 4. The van der Waals surface area contributed by atoms with E-state index in [-0.39, 0.29) is 5.69 Å². The Kier molecular flexibility index (Phi) is 7.02. The van der Waals surface area contributed by atoms with Crippen molar-refractivity contribution in [2.45, 2.75) is 12.5 Å². The fourth-order valence-electron chi connectivity index (χ4n) is 2.61. The predicted molar refractivity (Wildman–Crippen MR) is 97.2 cm³/mol. The number of fused-ring (bicyclic) bond motifs is 1. The van der Waals surface area contributed by atoms with Gasteiger partial charge < -0.3 is 19.5 Å². The summed E-state index contributed by atoms with van der Waals surface area (Å²) in [5.74, 6) is -4.56. The van der Waals surface area contributed by atoms with Gasteiger partial charge >= 0.3 is 17.9 Å². The molecule has 0 unspecified atom stereocenters. The number of esters is 3. The second-order valence-corrected chi connectivity index (χ2v) is 5.77. The Morgan fingerprint density at radius 1 is 0.929 bits per heavy atom. The number of nitrogens with zero attached hydrogens (tertiary/aromatic N) is 1. The third-order valence-electron chi connectivity index (χ3n) is 4.09. The lowest BCUT2D eigenvalue weighted by atomic mass is 9.95. The largest absolute Gasteiger partial charge is 0.469 e. The first-order valence-electron chi connectivity index (χ1n) is 8.30. The van der Waals surface area contributed by atoms with Gasteiger partial charge in [-0.2, -0.15) is 0 Å². The molecule has 9 nitrogen and oxygen atoms in total. The number of aromatic nitrogens is 1. The Hall–Kier alpha value is -3.49. The lowest BCUT2D eigenvalue weighted by Gasteiger charge is -2.23. The monoisotopic (exact) mass is 388 g/mol. The summed E-state index contributed by atoms with van der Waals surface area (Å²) in [4.78, 5) is 52.9. The van der Waals surface area contributed by atoms with Gasteiger partial charge in [-0.15, -0.1) is 0 Å². The number of pyridine rings is 1. The van der Waals surface area contributed by atoms with E-state index in [4.69, 9.17) is 0 Å². The van der Waals surface area contributed by atoms with E-state index in [2.05, 4.69) is 24.5 Å². The summed E-state index contributed by atoms with van der Waals surface area (Å²) >= 11 is 0. The number of methoxy groups -OCH3 is 3. The summed E-state index contributed by atoms with van der Waals surface area (Å²) in [5, 5.41) is 3.24. The molecule has 1 amide bonds. The average Bonchev–Trinajstić information content (AvgIpc) is 2.74. The highest BCUT2D eigenvalue weighted by molar-refractivity contribution is 5.98. The van der Waals surface area contributed by atoms with E-state index < -0.39 is 42.2 Å². The van der Waals surface area contributed by atoms with Gasteiger partial charge in [0, 0.05) is 5.39 Å². The van der Waals surface area contributed by atoms with Gasteiger partial charge in [0.25, 0.3) is 5.91 Å². The molecular formula is C19H20N2O7. The number of rotatable bonds is 7. The maximum absolute atomic E-state index is 12.6. The van der Waals surface area contributed by atoms with Crippen LogP contribution < -0.4 is 5.32 Å². The molecule has 148 valence electrons. The molecule has 0 bridgehead atoms. The molecule has 1 aromatic heterocycles. The highest BCUT2D eigenvalue weighted by atomic mass is 16.5. The fourth-order valence-corrected chi connectivity index (χ4v) is 2.61. The standard InChI is InChI=1S/C19H20N2O7/c1-26-15(22)10-12(18(24)27-2)16(19(25)28-3)21-17(23)14-9-8-11-6-4-5-7-13(11)20-14/h4-9,12,16H,10H2,1-3H3,(H,21,23)/t12-,16+/m0/s1. The van der Waals surface area contributed by atoms with Crippen molar-refractivity contribution in [3.63, 3.8) is 0 Å². The van der Waals surface area contributed by atoms with Crippen LogP contribution in [0, 0.1) is 5.92 Å². The van der Waals surface area contributed by atoms with Gasteiger partial charge in [-0.05, 0) is 12.1 Å². The Balaban J connectivity index is 2.32. The first kappa shape index (κ1) is 20.8. The number of hydrogen-bond acceptors (Lipinski definition) is 8. The smallest absolute Gasteiger partial charge is 0.329 e. The van der Waals surface area contributed by atoms with Gasteiger partial charge in [0.2, 0.25) is 0 Å². The molecule has 0 saturated heterocycles. The first-order valence-corrected chi connectivity index (χ1v) is 8.30. The summed E-state index contributed by atoms with van der Waals surface area (Å²) in [6.45, 7) is 0. The van der Waals surface area contributed by atoms with Crippen molar-refractivity contribution in [2.24, 2.45) is 5.92 Å². The number of carbonyl (C=O) groups is 4. The number of benzene rings is 1. The lowest BCUT2D eigenvalue weighted by Crippen LogP contribution is -2.50. The molecular weight excluding hydrogens is 368 g/mol. The van der Waals surface area contributed by atoms with E-state index in [0.29, 0.717) is 5.52 Å². The van der Waals surface area contributed by atoms with E-state index in [1.807, 2.05) is 12.1 Å². The number of hydrogen-bond donors (Lipinski definition) is 1. The SMILES string of the molecule is COC(=O)C[C@H](C(=O)OC)[C@@H](NC(=O)c1ccc2ccccc2n1)C(=O)OC. The molecule has 2 rings (SSSR count). The van der Waals surface area contributed by atoms with Crippen LogP contribution in [0.5, 0.6) is 0 Å². The van der Waals surface area contributed by atoms with Crippen molar-refractivity contribution in [1.29, 1.82) is 0 Å². The number of nitrogens with one attached hydrogen (secondary N) is 1. The van der Waals surface area contributed by atoms with Crippen LogP contribution in [0.15, 0.2) is 36.4 Å².